The summed E-state index contributed by atoms with van der Waals surface area (Å²) < 4.78 is 6.16. The number of ether oxygens (including phenoxy) is 1. The van der Waals surface area contributed by atoms with Gasteiger partial charge in [0.1, 0.15) is 6.04 Å². The zero-order valence-corrected chi connectivity index (χ0v) is 11.3. The number of aliphatic carboxylic acids is 1. The highest BCUT2D eigenvalue weighted by Crippen LogP contribution is 2.43. The van der Waals surface area contributed by atoms with Crippen LogP contribution in [0, 0.1) is 0 Å². The van der Waals surface area contributed by atoms with Crippen molar-refractivity contribution in [1.29, 1.82) is 0 Å². The Bertz CT molecular complexity index is 287. The van der Waals surface area contributed by atoms with E-state index in [1.54, 1.807) is 0 Å². The van der Waals surface area contributed by atoms with Gasteiger partial charge in [-0.05, 0) is 32.1 Å². The van der Waals surface area contributed by atoms with Crippen LogP contribution >= 0.6 is 0 Å². The number of carboxylic acid groups (broad SMARTS) is 1. The van der Waals surface area contributed by atoms with Crippen LogP contribution < -0.4 is 5.32 Å². The summed E-state index contributed by atoms with van der Waals surface area (Å²) in [6.07, 6.45) is 8.98. The van der Waals surface area contributed by atoms with Gasteiger partial charge >= 0.3 is 5.97 Å². The van der Waals surface area contributed by atoms with Crippen LogP contribution in [0.5, 0.6) is 0 Å². The van der Waals surface area contributed by atoms with Crippen LogP contribution in [0.15, 0.2) is 0 Å². The molecule has 2 unspecified atom stereocenters. The number of rotatable bonds is 6. The fourth-order valence-corrected chi connectivity index (χ4v) is 3.30. The van der Waals surface area contributed by atoms with Gasteiger partial charge in [0.05, 0.1) is 11.7 Å². The Hall–Kier alpha value is -0.610. The molecule has 0 bridgehead atoms. The predicted molar refractivity (Wildman–Crippen MR) is 69.6 cm³/mol. The van der Waals surface area contributed by atoms with Crippen molar-refractivity contribution in [1.82, 2.24) is 5.32 Å². The Labute approximate surface area is 109 Å². The third-order valence-corrected chi connectivity index (χ3v) is 4.32. The molecule has 1 aliphatic heterocycles. The molecule has 2 rings (SSSR count). The highest BCUT2D eigenvalue weighted by atomic mass is 16.5. The lowest BCUT2D eigenvalue weighted by molar-refractivity contribution is -0.139. The second-order valence-corrected chi connectivity index (χ2v) is 5.76. The zero-order chi connectivity index (χ0) is 13.0. The predicted octanol–water partition coefficient (Wildman–Crippen LogP) is 2.32. The first-order valence-corrected chi connectivity index (χ1v) is 7.29. The molecular formula is C14H25NO3. The zero-order valence-electron chi connectivity index (χ0n) is 11.3. The second-order valence-electron chi connectivity index (χ2n) is 5.76. The molecule has 2 N–H and O–H groups in total. The number of carbonyl (C=O) groups is 1. The molecular weight excluding hydrogens is 230 g/mol. The Kier molecular flexibility index (Phi) is 4.62. The summed E-state index contributed by atoms with van der Waals surface area (Å²) in [4.78, 5) is 11.0. The van der Waals surface area contributed by atoms with E-state index in [0.717, 1.165) is 19.3 Å². The van der Waals surface area contributed by atoms with Gasteiger partial charge in [-0.1, -0.05) is 26.2 Å². The summed E-state index contributed by atoms with van der Waals surface area (Å²) in [5.41, 5.74) is 0.149. The third-order valence-electron chi connectivity index (χ3n) is 4.32. The molecule has 2 fully saturated rings. The number of hydrogen-bond acceptors (Lipinski definition) is 3. The summed E-state index contributed by atoms with van der Waals surface area (Å²) in [6, 6.07) is -0.418. The SMILES string of the molecule is CCCC(NCC1CCC2(CCCC2)O1)C(=O)O. The van der Waals surface area contributed by atoms with Crippen LogP contribution in [-0.4, -0.2) is 35.4 Å². The van der Waals surface area contributed by atoms with E-state index in [9.17, 15) is 4.79 Å². The Morgan fingerprint density at radius 2 is 2.17 bits per heavy atom. The van der Waals surface area contributed by atoms with E-state index in [2.05, 4.69) is 5.32 Å². The molecule has 0 aromatic heterocycles. The first kappa shape index (κ1) is 13.8. The topological polar surface area (TPSA) is 58.6 Å². The number of hydrogen-bond donors (Lipinski definition) is 2. The Morgan fingerprint density at radius 1 is 1.44 bits per heavy atom. The minimum absolute atomic E-state index is 0.149. The van der Waals surface area contributed by atoms with Gasteiger partial charge in [0, 0.05) is 6.54 Å². The van der Waals surface area contributed by atoms with E-state index in [-0.39, 0.29) is 11.7 Å². The first-order chi connectivity index (χ1) is 8.65. The van der Waals surface area contributed by atoms with E-state index in [0.29, 0.717) is 13.0 Å². The normalized spacial score (nSPS) is 27.7. The summed E-state index contributed by atoms with van der Waals surface area (Å²) in [5, 5.41) is 12.2. The Morgan fingerprint density at radius 3 is 2.78 bits per heavy atom. The molecule has 1 heterocycles. The molecule has 4 nitrogen and oxygen atoms in total. The fraction of sp³-hybridized carbons (Fsp3) is 0.929. The molecule has 1 aliphatic carbocycles. The molecule has 0 amide bonds. The fourth-order valence-electron chi connectivity index (χ4n) is 3.30. The van der Waals surface area contributed by atoms with Gasteiger partial charge in [-0.25, -0.2) is 0 Å². The third kappa shape index (κ3) is 3.23. The lowest BCUT2D eigenvalue weighted by atomic mass is 9.98. The van der Waals surface area contributed by atoms with Gasteiger partial charge in [-0.3, -0.25) is 4.79 Å². The van der Waals surface area contributed by atoms with Crippen LogP contribution in [0.3, 0.4) is 0 Å². The molecule has 0 aromatic carbocycles. The van der Waals surface area contributed by atoms with Crippen molar-refractivity contribution in [2.24, 2.45) is 0 Å². The van der Waals surface area contributed by atoms with E-state index in [1.165, 1.54) is 25.7 Å². The van der Waals surface area contributed by atoms with Crippen LogP contribution in [-0.2, 0) is 9.53 Å². The maximum absolute atomic E-state index is 11.0. The van der Waals surface area contributed by atoms with Gasteiger partial charge in [-0.2, -0.15) is 0 Å². The molecule has 104 valence electrons. The molecule has 2 aliphatic rings. The van der Waals surface area contributed by atoms with E-state index < -0.39 is 12.0 Å². The highest BCUT2D eigenvalue weighted by molar-refractivity contribution is 5.73. The maximum atomic E-state index is 11.0. The average Bonchev–Trinajstić information content (AvgIpc) is 2.95. The standard InChI is InChI=1S/C14H25NO3/c1-2-5-12(13(16)17)15-10-11-6-9-14(18-11)7-3-4-8-14/h11-12,15H,2-10H2,1H3,(H,16,17). The highest BCUT2D eigenvalue weighted by Gasteiger charge is 2.42. The minimum Gasteiger partial charge on any atom is -0.480 e. The van der Waals surface area contributed by atoms with Crippen molar-refractivity contribution in [3.63, 3.8) is 0 Å². The maximum Gasteiger partial charge on any atom is 0.320 e. The van der Waals surface area contributed by atoms with Crippen LogP contribution in [0.1, 0.15) is 58.3 Å². The lowest BCUT2D eigenvalue weighted by Gasteiger charge is -2.24. The van der Waals surface area contributed by atoms with Crippen LogP contribution in [0.4, 0.5) is 0 Å². The van der Waals surface area contributed by atoms with Gasteiger partial charge in [-0.15, -0.1) is 0 Å². The molecule has 0 radical (unpaired) electrons. The van der Waals surface area contributed by atoms with Crippen molar-refractivity contribution in [2.45, 2.75) is 76.0 Å². The molecule has 0 aromatic rings. The van der Waals surface area contributed by atoms with Crippen molar-refractivity contribution in [3.05, 3.63) is 0 Å². The summed E-state index contributed by atoms with van der Waals surface area (Å²) in [7, 11) is 0. The van der Waals surface area contributed by atoms with Crippen molar-refractivity contribution in [2.75, 3.05) is 6.54 Å². The van der Waals surface area contributed by atoms with Crippen molar-refractivity contribution in [3.8, 4) is 0 Å². The molecule has 1 saturated carbocycles. The lowest BCUT2D eigenvalue weighted by Crippen LogP contribution is -2.41. The molecule has 18 heavy (non-hydrogen) atoms. The quantitative estimate of drug-likeness (QED) is 0.764. The summed E-state index contributed by atoms with van der Waals surface area (Å²) in [6.45, 7) is 2.69. The molecule has 2 atom stereocenters. The largest absolute Gasteiger partial charge is 0.480 e. The van der Waals surface area contributed by atoms with Crippen molar-refractivity contribution >= 4 is 5.97 Å². The summed E-state index contributed by atoms with van der Waals surface area (Å²) in [5.74, 6) is -0.745. The van der Waals surface area contributed by atoms with E-state index in [1.807, 2.05) is 6.92 Å². The average molecular weight is 255 g/mol. The molecule has 4 heteroatoms. The molecule has 1 saturated heterocycles. The minimum atomic E-state index is -0.745. The monoisotopic (exact) mass is 255 g/mol. The van der Waals surface area contributed by atoms with Crippen LogP contribution in [0.2, 0.25) is 0 Å². The molecule has 1 spiro atoms. The van der Waals surface area contributed by atoms with Crippen LogP contribution in [0.25, 0.3) is 0 Å². The summed E-state index contributed by atoms with van der Waals surface area (Å²) >= 11 is 0. The van der Waals surface area contributed by atoms with Gasteiger partial charge in [0.15, 0.2) is 0 Å². The first-order valence-electron chi connectivity index (χ1n) is 7.29. The van der Waals surface area contributed by atoms with E-state index >= 15 is 0 Å². The van der Waals surface area contributed by atoms with Gasteiger partial charge in [0.2, 0.25) is 0 Å². The number of carboxylic acids is 1. The Balaban J connectivity index is 1.75. The van der Waals surface area contributed by atoms with Crippen molar-refractivity contribution < 1.29 is 14.6 Å². The number of nitrogens with one attached hydrogen (secondary N) is 1. The van der Waals surface area contributed by atoms with Gasteiger partial charge in [0.25, 0.3) is 0 Å². The smallest absolute Gasteiger partial charge is 0.320 e. The second kappa shape index (κ2) is 6.02. The van der Waals surface area contributed by atoms with Gasteiger partial charge < -0.3 is 15.2 Å². The van der Waals surface area contributed by atoms with E-state index in [4.69, 9.17) is 9.84 Å².